The molecule has 0 aromatic heterocycles. The molecule has 0 saturated heterocycles. The maximum Gasteiger partial charge on any atom is 0.264 e. The molecule has 0 spiro atoms. The van der Waals surface area contributed by atoms with Crippen LogP contribution in [0.1, 0.15) is 49.4 Å². The molecule has 1 aliphatic carbocycles. The van der Waals surface area contributed by atoms with E-state index in [9.17, 15) is 22.4 Å². The molecule has 0 unspecified atom stereocenters. The van der Waals surface area contributed by atoms with Crippen molar-refractivity contribution in [3.05, 3.63) is 58.9 Å². The largest absolute Gasteiger partial charge is 0.354 e. The molecule has 0 bridgehead atoms. The fraction of sp³-hybridized carbons (Fsp3) is 0.391. The Hall–Kier alpha value is -2.65. The Morgan fingerprint density at radius 3 is 2.33 bits per heavy atom. The molecule has 178 valence electrons. The van der Waals surface area contributed by atoms with Gasteiger partial charge < -0.3 is 10.6 Å². The molecule has 2 amide bonds. The second-order valence-electron chi connectivity index (χ2n) is 8.05. The van der Waals surface area contributed by atoms with E-state index in [1.165, 1.54) is 37.4 Å². The van der Waals surface area contributed by atoms with Gasteiger partial charge in [0.05, 0.1) is 21.2 Å². The maximum absolute atomic E-state index is 13.2. The molecule has 10 heteroatoms. The van der Waals surface area contributed by atoms with Crippen LogP contribution in [0.25, 0.3) is 0 Å². The molecule has 1 aliphatic rings. The van der Waals surface area contributed by atoms with Crippen LogP contribution in [0.3, 0.4) is 0 Å². The highest BCUT2D eigenvalue weighted by Gasteiger charge is 2.41. The zero-order valence-corrected chi connectivity index (χ0v) is 20.1. The van der Waals surface area contributed by atoms with Crippen molar-refractivity contribution in [1.82, 2.24) is 10.6 Å². The Bertz CT molecular complexity index is 1130. The monoisotopic (exact) mass is 495 g/mol. The van der Waals surface area contributed by atoms with Crippen molar-refractivity contribution >= 4 is 39.1 Å². The normalized spacial score (nSPS) is 15.5. The zero-order valence-electron chi connectivity index (χ0n) is 18.5. The number of carbonyl (C=O) groups is 2. The van der Waals surface area contributed by atoms with Crippen LogP contribution in [0, 0.1) is 5.82 Å². The third-order valence-corrected chi connectivity index (χ3v) is 7.97. The molecule has 0 heterocycles. The molecule has 2 aromatic carbocycles. The topological polar surface area (TPSA) is 95.6 Å². The Balaban J connectivity index is 1.92. The first kappa shape index (κ1) is 25.0. The third-order valence-electron chi connectivity index (χ3n) is 5.86. The first-order chi connectivity index (χ1) is 15.6. The second-order valence-corrected chi connectivity index (χ2v) is 10.4. The highest BCUT2D eigenvalue weighted by atomic mass is 35.5. The number of hydrogen-bond donors (Lipinski definition) is 2. The van der Waals surface area contributed by atoms with E-state index < -0.39 is 27.3 Å². The van der Waals surface area contributed by atoms with E-state index >= 15 is 0 Å². The Labute approximate surface area is 198 Å². The Morgan fingerprint density at radius 2 is 1.73 bits per heavy atom. The fourth-order valence-corrected chi connectivity index (χ4v) is 5.39. The Morgan fingerprint density at radius 1 is 1.09 bits per heavy atom. The van der Waals surface area contributed by atoms with Crippen LogP contribution in [0.5, 0.6) is 0 Å². The van der Waals surface area contributed by atoms with Gasteiger partial charge in [-0.1, -0.05) is 30.9 Å². The van der Waals surface area contributed by atoms with Gasteiger partial charge in [0.1, 0.15) is 11.4 Å². The molecule has 3 rings (SSSR count). The number of nitrogens with zero attached hydrogens (tertiary/aromatic N) is 1. The molecule has 7 nitrogen and oxygen atoms in total. The van der Waals surface area contributed by atoms with Crippen molar-refractivity contribution in [2.24, 2.45) is 0 Å². The van der Waals surface area contributed by atoms with Gasteiger partial charge in [-0.15, -0.1) is 0 Å². The summed E-state index contributed by atoms with van der Waals surface area (Å²) in [6, 6.07) is 8.84. The SMILES string of the molecule is CCNC(=O)C1(NC(=O)c2cc(S(=O)(=O)N(C)c3ccc(F)cc3)ccc2Cl)CCCCC1. The van der Waals surface area contributed by atoms with E-state index in [1.54, 1.807) is 6.92 Å². The van der Waals surface area contributed by atoms with Gasteiger partial charge >= 0.3 is 0 Å². The predicted molar refractivity (Wildman–Crippen MR) is 125 cm³/mol. The van der Waals surface area contributed by atoms with E-state index in [-0.39, 0.29) is 27.1 Å². The summed E-state index contributed by atoms with van der Waals surface area (Å²) in [5.74, 6) is -1.36. The molecule has 1 fully saturated rings. The van der Waals surface area contributed by atoms with Crippen LogP contribution in [0.15, 0.2) is 47.4 Å². The number of halogens is 2. The molecule has 1 saturated carbocycles. The molecule has 33 heavy (non-hydrogen) atoms. The summed E-state index contributed by atoms with van der Waals surface area (Å²) in [7, 11) is -2.72. The molecule has 0 aliphatic heterocycles. The molecule has 0 radical (unpaired) electrons. The van der Waals surface area contributed by atoms with Crippen molar-refractivity contribution in [1.29, 1.82) is 0 Å². The van der Waals surface area contributed by atoms with Gasteiger partial charge in [-0.3, -0.25) is 13.9 Å². The van der Waals surface area contributed by atoms with Crippen molar-refractivity contribution in [2.75, 3.05) is 17.9 Å². The van der Waals surface area contributed by atoms with Crippen LogP contribution in [-0.4, -0.2) is 39.4 Å². The first-order valence-electron chi connectivity index (χ1n) is 10.8. The average molecular weight is 496 g/mol. The summed E-state index contributed by atoms with van der Waals surface area (Å²) in [5.41, 5.74) is -0.844. The van der Waals surface area contributed by atoms with Gasteiger partial charge in [0.15, 0.2) is 0 Å². The van der Waals surface area contributed by atoms with Crippen LogP contribution in [-0.2, 0) is 14.8 Å². The van der Waals surface area contributed by atoms with Crippen LogP contribution < -0.4 is 14.9 Å². The molecule has 0 atom stereocenters. The van der Waals surface area contributed by atoms with Gasteiger partial charge in [-0.2, -0.15) is 0 Å². The minimum atomic E-state index is -4.06. The van der Waals surface area contributed by atoms with Gasteiger partial charge in [0.2, 0.25) is 5.91 Å². The highest BCUT2D eigenvalue weighted by molar-refractivity contribution is 7.92. The predicted octanol–water partition coefficient (Wildman–Crippen LogP) is 3.87. The molecule has 2 aromatic rings. The minimum Gasteiger partial charge on any atom is -0.354 e. The lowest BCUT2D eigenvalue weighted by Crippen LogP contribution is -2.59. The first-order valence-corrected chi connectivity index (χ1v) is 12.6. The number of benzene rings is 2. The lowest BCUT2D eigenvalue weighted by Gasteiger charge is -2.36. The van der Waals surface area contributed by atoms with E-state index in [1.807, 2.05) is 0 Å². The van der Waals surface area contributed by atoms with Gasteiger partial charge in [-0.25, -0.2) is 12.8 Å². The highest BCUT2D eigenvalue weighted by Crippen LogP contribution is 2.31. The van der Waals surface area contributed by atoms with Crippen LogP contribution in [0.2, 0.25) is 5.02 Å². The van der Waals surface area contributed by atoms with Crippen LogP contribution >= 0.6 is 11.6 Å². The van der Waals surface area contributed by atoms with Crippen molar-refractivity contribution < 1.29 is 22.4 Å². The number of nitrogens with one attached hydrogen (secondary N) is 2. The maximum atomic E-state index is 13.2. The number of amides is 2. The molecular formula is C23H27ClFN3O4S. The summed E-state index contributed by atoms with van der Waals surface area (Å²) in [5, 5.41) is 5.69. The summed E-state index contributed by atoms with van der Waals surface area (Å²) in [4.78, 5) is 25.8. The fourth-order valence-electron chi connectivity index (χ4n) is 3.97. The van der Waals surface area contributed by atoms with E-state index in [0.29, 0.717) is 19.4 Å². The number of likely N-dealkylation sites (N-methyl/N-ethyl adjacent to an activating group) is 1. The van der Waals surface area contributed by atoms with E-state index in [0.717, 1.165) is 35.7 Å². The van der Waals surface area contributed by atoms with Crippen molar-refractivity contribution in [3.8, 4) is 0 Å². The quantitative estimate of drug-likeness (QED) is 0.609. The number of rotatable bonds is 7. The standard InChI is InChI=1S/C23H27ClFN3O4S/c1-3-26-22(30)23(13-5-4-6-14-23)27-21(29)19-15-18(11-12-20(19)24)33(31,32)28(2)17-9-7-16(25)8-10-17/h7-12,15H,3-6,13-14H2,1-2H3,(H,26,30)(H,27,29). The van der Waals surface area contributed by atoms with Gasteiger partial charge in [0.25, 0.3) is 15.9 Å². The summed E-state index contributed by atoms with van der Waals surface area (Å²) in [6.07, 6.45) is 3.55. The second kappa shape index (κ2) is 10.1. The third kappa shape index (κ3) is 5.30. The number of hydrogen-bond acceptors (Lipinski definition) is 4. The summed E-state index contributed by atoms with van der Waals surface area (Å²) >= 11 is 6.25. The number of carbonyl (C=O) groups excluding carboxylic acids is 2. The summed E-state index contributed by atoms with van der Waals surface area (Å²) in [6.45, 7) is 2.24. The van der Waals surface area contributed by atoms with Gasteiger partial charge in [0, 0.05) is 13.6 Å². The minimum absolute atomic E-state index is 0.0421. The lowest BCUT2D eigenvalue weighted by molar-refractivity contribution is -0.128. The van der Waals surface area contributed by atoms with Gasteiger partial charge in [-0.05, 0) is 62.2 Å². The Kier molecular flexibility index (Phi) is 7.64. The summed E-state index contributed by atoms with van der Waals surface area (Å²) < 4.78 is 40.5. The average Bonchev–Trinajstić information content (AvgIpc) is 2.80. The number of anilines is 1. The van der Waals surface area contributed by atoms with E-state index in [4.69, 9.17) is 11.6 Å². The van der Waals surface area contributed by atoms with Crippen molar-refractivity contribution in [3.63, 3.8) is 0 Å². The zero-order chi connectivity index (χ0) is 24.2. The molecular weight excluding hydrogens is 469 g/mol. The van der Waals surface area contributed by atoms with E-state index in [2.05, 4.69) is 10.6 Å². The number of sulfonamides is 1. The smallest absolute Gasteiger partial charge is 0.264 e. The van der Waals surface area contributed by atoms with Crippen LogP contribution in [0.4, 0.5) is 10.1 Å². The van der Waals surface area contributed by atoms with Crippen molar-refractivity contribution in [2.45, 2.75) is 49.5 Å². The molecule has 2 N–H and O–H groups in total. The lowest BCUT2D eigenvalue weighted by atomic mass is 9.80.